The summed E-state index contributed by atoms with van der Waals surface area (Å²) in [5, 5.41) is -0.208. The van der Waals surface area contributed by atoms with Crippen molar-refractivity contribution in [2.24, 2.45) is 0 Å². The van der Waals surface area contributed by atoms with Crippen molar-refractivity contribution in [1.29, 1.82) is 0 Å². The molecule has 0 spiro atoms. The van der Waals surface area contributed by atoms with Crippen LogP contribution in [0.2, 0.25) is 0 Å². The van der Waals surface area contributed by atoms with Crippen molar-refractivity contribution in [2.45, 2.75) is 183 Å². The average Bonchev–Trinajstić information content (AvgIpc) is 1.40. The molecule has 2 aromatic heterocycles. The van der Waals surface area contributed by atoms with Gasteiger partial charge in [0.1, 0.15) is 0 Å². The van der Waals surface area contributed by atoms with Gasteiger partial charge in [-0.15, -0.1) is 0 Å². The molecule has 0 saturated heterocycles. The molecule has 5 heteroatoms. The summed E-state index contributed by atoms with van der Waals surface area (Å²) in [6, 6.07) is 36.0. The van der Waals surface area contributed by atoms with Gasteiger partial charge < -0.3 is 18.9 Å². The molecule has 0 aliphatic carbocycles. The summed E-state index contributed by atoms with van der Waals surface area (Å²) in [6.45, 7) is 46.0. The second-order valence-electron chi connectivity index (χ2n) is 35.0. The van der Waals surface area contributed by atoms with Gasteiger partial charge in [-0.3, -0.25) is 0 Å². The molecule has 13 aromatic rings. The molecule has 2 aliphatic heterocycles. The van der Waals surface area contributed by atoms with Gasteiger partial charge in [0.25, 0.3) is 6.71 Å². The van der Waals surface area contributed by atoms with Crippen LogP contribution in [0.1, 0.15) is 206 Å². The maximum absolute atomic E-state index is 9.80. The second kappa shape index (κ2) is 22.6. The Morgan fingerprint density at radius 2 is 0.505 bits per heavy atom. The van der Waals surface area contributed by atoms with Crippen LogP contribution >= 0.6 is 0 Å². The van der Waals surface area contributed by atoms with E-state index in [-0.39, 0.29) is 65.3 Å². The van der Waals surface area contributed by atoms with Gasteiger partial charge in [0, 0.05) is 67.0 Å². The summed E-state index contributed by atoms with van der Waals surface area (Å²) in [5.41, 5.74) is 16.7. The maximum Gasteiger partial charge on any atom is 0.252 e. The molecule has 4 heterocycles. The predicted octanol–water partition coefficient (Wildman–Crippen LogP) is 24.4. The van der Waals surface area contributed by atoms with E-state index in [9.17, 15) is 16.4 Å². The molecule has 0 saturated carbocycles. The molecular formula is C94H99BN4. The summed E-state index contributed by atoms with van der Waals surface area (Å²) in [4.78, 5) is 4.64. The second-order valence-corrected chi connectivity index (χ2v) is 35.0. The predicted molar refractivity (Wildman–Crippen MR) is 431 cm³/mol. The number of hydrogen-bond acceptors (Lipinski definition) is 2. The van der Waals surface area contributed by atoms with Gasteiger partial charge in [0.05, 0.1) is 44.0 Å². The molecule has 0 radical (unpaired) electrons. The number of anilines is 6. The van der Waals surface area contributed by atoms with Crippen LogP contribution in [0.25, 0.3) is 77.2 Å². The van der Waals surface area contributed by atoms with E-state index in [1.165, 1.54) is 22.3 Å². The highest BCUT2D eigenvalue weighted by Gasteiger charge is 2.45. The molecule has 99 heavy (non-hydrogen) atoms. The molecule has 11 aromatic carbocycles. The first-order chi connectivity index (χ1) is 53.1. The lowest BCUT2D eigenvalue weighted by Crippen LogP contribution is -2.61. The molecule has 15 rings (SSSR count). The number of nitrogens with zero attached hydrogens (tertiary/aromatic N) is 4. The Kier molecular flexibility index (Phi) is 11.2. The van der Waals surface area contributed by atoms with Crippen LogP contribution in [0, 0.1) is 0 Å². The normalized spacial score (nSPS) is 16.1. The van der Waals surface area contributed by atoms with E-state index in [1.54, 1.807) is 9.13 Å². The number of fused-ring (bicyclic) bond motifs is 10. The zero-order valence-electron chi connectivity index (χ0n) is 77.4. The minimum absolute atomic E-state index is 0.0269. The smallest absolute Gasteiger partial charge is 0.252 e. The first-order valence-electron chi connectivity index (χ1n) is 42.9. The summed E-state index contributed by atoms with van der Waals surface area (Å²) in [5.74, 6) is 0. The zero-order chi connectivity index (χ0) is 84.1. The molecule has 0 unspecified atom stereocenters. The Hall–Kier alpha value is -9.32. The van der Waals surface area contributed by atoms with Gasteiger partial charge in [-0.05, 0) is 200 Å². The quantitative estimate of drug-likeness (QED) is 0.154. The van der Waals surface area contributed by atoms with E-state index in [0.29, 0.717) is 22.7 Å². The molecule has 0 N–H and O–H groups in total. The summed E-state index contributed by atoms with van der Waals surface area (Å²) in [6.07, 6.45) is 0. The highest BCUT2D eigenvalue weighted by Crippen LogP contribution is 2.51. The number of aromatic nitrogens is 2. The topological polar surface area (TPSA) is 16.3 Å². The molecule has 2 aliphatic rings. The van der Waals surface area contributed by atoms with Crippen molar-refractivity contribution in [2.75, 3.05) is 9.80 Å². The fourth-order valence-corrected chi connectivity index (χ4v) is 14.6. The largest absolute Gasteiger partial charge is 0.311 e. The third-order valence-electron chi connectivity index (χ3n) is 20.6. The standard InChI is InChI=1S/C94H99BN4/c1-88(2,3)62-42-58(43-63(50-62)89(4,5)6)60-46-66(92(13,14)15)52-71(48-60)98-83-56-69(96-79-34-26-22-30-73(79)74-31-23-27-35-80(74)96)38-40-77(83)95-78-41-39-70(97-81-36-28-24-32-75(81)76-33-25-29-37-82(76)97)57-84(78)99(86-55-68(94(19,20)21)54-85(98)87(86)95)72-49-61(47-67(53-72)93(16,17)18)59-44-64(90(7,8)9)51-65(45-59)91(10,11)12/h22-57H,1-21H3/i22D,23D,24D,25D,26D,27D,28D,29D,30D,31D,32D,33D,34D,35D,36D,37D. The number of hydrogen-bond donors (Lipinski definition) is 0. The Morgan fingerprint density at radius 3 is 0.788 bits per heavy atom. The Morgan fingerprint density at radius 1 is 0.253 bits per heavy atom. The summed E-state index contributed by atoms with van der Waals surface area (Å²) < 4.78 is 154. The van der Waals surface area contributed by atoms with Crippen molar-refractivity contribution < 1.29 is 21.9 Å². The third-order valence-corrected chi connectivity index (χ3v) is 20.6. The van der Waals surface area contributed by atoms with E-state index < -0.39 is 120 Å². The first-order valence-corrected chi connectivity index (χ1v) is 34.9. The van der Waals surface area contributed by atoms with Crippen molar-refractivity contribution in [3.8, 4) is 33.6 Å². The zero-order valence-corrected chi connectivity index (χ0v) is 61.4. The SMILES string of the molecule is [2H]c1c([2H])c([2H])c2c(c1[2H])c1c([2H])c([2H])c([2H])c([2H])c1n2-c1ccc2c(c1)N(c1cc(-c3cc(C(C)(C)C)cc(C(C)(C)C)c3)cc(C(C)(C)C)c1)c1cc(C(C)(C)C)cc3c1B2c1ccc(-n2c4c([2H])c([2H])c([2H])c([2H])c4c4c([2H])c([2H])c([2H])c([2H])c42)cc1N3c1cc(-c2cc(C(C)(C)C)cc(C(C)(C)C)c2)cc(C(C)(C)C)c1. The minimum Gasteiger partial charge on any atom is -0.311 e. The Bertz CT molecular complexity index is 5840. The van der Waals surface area contributed by atoms with E-state index in [1.807, 2.05) is 36.4 Å². The van der Waals surface area contributed by atoms with E-state index in [4.69, 9.17) is 5.48 Å². The lowest BCUT2D eigenvalue weighted by atomic mass is 9.33. The fraction of sp³-hybridized carbons (Fsp3) is 0.298. The Labute approximate surface area is 612 Å². The molecule has 0 amide bonds. The van der Waals surface area contributed by atoms with E-state index in [0.717, 1.165) is 78.1 Å². The van der Waals surface area contributed by atoms with Crippen molar-refractivity contribution in [3.05, 3.63) is 257 Å². The lowest BCUT2D eigenvalue weighted by molar-refractivity contribution is 0.568. The van der Waals surface area contributed by atoms with Gasteiger partial charge in [-0.1, -0.05) is 279 Å². The molecule has 4 nitrogen and oxygen atoms in total. The van der Waals surface area contributed by atoms with Crippen LogP contribution in [0.5, 0.6) is 0 Å². The van der Waals surface area contributed by atoms with Crippen molar-refractivity contribution >= 4 is 101 Å². The van der Waals surface area contributed by atoms with Crippen LogP contribution in [-0.4, -0.2) is 15.8 Å². The van der Waals surface area contributed by atoms with Crippen molar-refractivity contribution in [3.63, 3.8) is 0 Å². The number of para-hydroxylation sites is 4. The van der Waals surface area contributed by atoms with Gasteiger partial charge in [0.2, 0.25) is 0 Å². The van der Waals surface area contributed by atoms with Crippen LogP contribution in [-0.2, 0) is 37.9 Å². The van der Waals surface area contributed by atoms with Crippen molar-refractivity contribution in [1.82, 2.24) is 9.13 Å². The van der Waals surface area contributed by atoms with Gasteiger partial charge in [-0.2, -0.15) is 0 Å². The minimum atomic E-state index is -0.689. The lowest BCUT2D eigenvalue weighted by Gasteiger charge is -2.45. The summed E-state index contributed by atoms with van der Waals surface area (Å²) >= 11 is 0. The first kappa shape index (κ1) is 49.2. The fourth-order valence-electron chi connectivity index (χ4n) is 14.6. The van der Waals surface area contributed by atoms with E-state index in [2.05, 4.69) is 240 Å². The van der Waals surface area contributed by atoms with Crippen LogP contribution in [0.4, 0.5) is 34.1 Å². The molecule has 498 valence electrons. The number of benzene rings is 11. The summed E-state index contributed by atoms with van der Waals surface area (Å²) in [7, 11) is 0. The molecule has 0 bridgehead atoms. The van der Waals surface area contributed by atoms with Crippen LogP contribution < -0.4 is 26.2 Å². The van der Waals surface area contributed by atoms with E-state index >= 15 is 0 Å². The van der Waals surface area contributed by atoms with Gasteiger partial charge >= 0.3 is 0 Å². The Balaban J connectivity index is 1.15. The third kappa shape index (κ3) is 11.3. The maximum atomic E-state index is 9.80. The van der Waals surface area contributed by atoms with Crippen LogP contribution in [0.15, 0.2) is 218 Å². The average molecular weight is 1310 g/mol. The number of rotatable bonds is 6. The van der Waals surface area contributed by atoms with Gasteiger partial charge in [0.15, 0.2) is 0 Å². The van der Waals surface area contributed by atoms with Gasteiger partial charge in [-0.25, -0.2) is 0 Å². The monoisotopic (exact) mass is 1310 g/mol. The molecule has 0 atom stereocenters. The van der Waals surface area contributed by atoms with Crippen LogP contribution in [0.3, 0.4) is 0 Å². The molecular weight excluding hydrogens is 1200 g/mol. The highest BCUT2D eigenvalue weighted by atomic mass is 15.2. The highest BCUT2D eigenvalue weighted by molar-refractivity contribution is 7.00. The molecule has 0 fully saturated rings.